The van der Waals surface area contributed by atoms with E-state index in [1.807, 2.05) is 49.4 Å². The quantitative estimate of drug-likeness (QED) is 0.536. The Kier molecular flexibility index (Phi) is 6.51. The van der Waals surface area contributed by atoms with E-state index in [0.29, 0.717) is 25.8 Å². The van der Waals surface area contributed by atoms with E-state index in [1.165, 1.54) is 12.1 Å². The summed E-state index contributed by atoms with van der Waals surface area (Å²) in [5.41, 5.74) is 2.82. The van der Waals surface area contributed by atoms with Crippen molar-refractivity contribution in [2.75, 3.05) is 13.2 Å². The fourth-order valence-corrected chi connectivity index (χ4v) is 4.31. The Bertz CT molecular complexity index is 1040. The molecule has 0 radical (unpaired) electrons. The molecule has 0 unspecified atom stereocenters. The highest BCUT2D eigenvalue weighted by molar-refractivity contribution is 5.70. The van der Waals surface area contributed by atoms with E-state index in [9.17, 15) is 14.3 Å². The third-order valence-corrected chi connectivity index (χ3v) is 6.20. The summed E-state index contributed by atoms with van der Waals surface area (Å²) in [4.78, 5) is 19.2. The number of halogens is 1. The zero-order valence-electron chi connectivity index (χ0n) is 18.1. The van der Waals surface area contributed by atoms with E-state index in [4.69, 9.17) is 4.74 Å². The number of pyridine rings is 1. The minimum atomic E-state index is -0.855. The highest BCUT2D eigenvalue weighted by Crippen LogP contribution is 2.40. The van der Waals surface area contributed by atoms with Crippen LogP contribution in [0.4, 0.5) is 9.18 Å². The van der Waals surface area contributed by atoms with Gasteiger partial charge in [-0.05, 0) is 55.2 Å². The van der Waals surface area contributed by atoms with Gasteiger partial charge >= 0.3 is 6.09 Å². The molecule has 1 amide bonds. The number of aliphatic hydroxyl groups is 1. The number of cyclic esters (lactones) is 1. The molecular weight excluding hydrogens is 407 g/mol. The maximum Gasteiger partial charge on any atom is 0.411 e. The normalized spacial score (nSPS) is 19.5. The minimum absolute atomic E-state index is 0.00321. The number of carbonyl (C=O) groups is 1. The number of hydrogen-bond donors (Lipinski definition) is 1. The molecule has 2 atom stereocenters. The number of aliphatic hydroxyl groups excluding tert-OH is 1. The molecule has 2 heterocycles. The summed E-state index contributed by atoms with van der Waals surface area (Å²) in [5, 5.41) is 9.35. The van der Waals surface area contributed by atoms with E-state index in [1.54, 1.807) is 23.2 Å². The van der Waals surface area contributed by atoms with Crippen molar-refractivity contribution in [3.05, 3.63) is 89.9 Å². The average Bonchev–Trinajstić information content (AvgIpc) is 2.83. The maximum atomic E-state index is 13.4. The number of amides is 1. The van der Waals surface area contributed by atoms with Gasteiger partial charge in [0.1, 0.15) is 11.4 Å². The van der Waals surface area contributed by atoms with Crippen LogP contribution in [0, 0.1) is 5.82 Å². The van der Waals surface area contributed by atoms with Crippen LogP contribution in [0.15, 0.2) is 72.9 Å². The first-order chi connectivity index (χ1) is 15.5. The Hall–Kier alpha value is -3.25. The summed E-state index contributed by atoms with van der Waals surface area (Å²) >= 11 is 0. The molecule has 1 fully saturated rings. The molecule has 6 heteroatoms. The first kappa shape index (κ1) is 22.0. The van der Waals surface area contributed by atoms with Crippen LogP contribution in [0.25, 0.3) is 11.3 Å². The molecule has 1 saturated heterocycles. The molecule has 0 aliphatic carbocycles. The van der Waals surface area contributed by atoms with Gasteiger partial charge in [0.15, 0.2) is 0 Å². The molecule has 1 aliphatic heterocycles. The van der Waals surface area contributed by atoms with Crippen LogP contribution in [0.1, 0.15) is 43.4 Å². The Labute approximate surface area is 187 Å². The second-order valence-electron chi connectivity index (χ2n) is 8.15. The fraction of sp³-hybridized carbons (Fsp3) is 0.308. The Morgan fingerprint density at radius 3 is 2.50 bits per heavy atom. The van der Waals surface area contributed by atoms with Gasteiger partial charge in [0.05, 0.1) is 11.7 Å². The van der Waals surface area contributed by atoms with Crippen molar-refractivity contribution < 1.29 is 19.0 Å². The van der Waals surface area contributed by atoms with Crippen molar-refractivity contribution in [1.29, 1.82) is 0 Å². The number of ether oxygens (including phenoxy) is 1. The lowest BCUT2D eigenvalue weighted by molar-refractivity contribution is -0.0680. The molecule has 32 heavy (non-hydrogen) atoms. The highest BCUT2D eigenvalue weighted by Gasteiger charge is 2.43. The van der Waals surface area contributed by atoms with E-state index in [0.717, 1.165) is 22.4 Å². The van der Waals surface area contributed by atoms with Crippen LogP contribution in [0.5, 0.6) is 0 Å². The Morgan fingerprint density at radius 2 is 1.88 bits per heavy atom. The molecule has 166 valence electrons. The average molecular weight is 435 g/mol. The summed E-state index contributed by atoms with van der Waals surface area (Å²) in [5.74, 6) is -0.336. The van der Waals surface area contributed by atoms with Crippen LogP contribution in [-0.2, 0) is 10.3 Å². The van der Waals surface area contributed by atoms with Crippen LogP contribution < -0.4 is 0 Å². The van der Waals surface area contributed by atoms with Gasteiger partial charge in [0.2, 0.25) is 0 Å². The zero-order chi connectivity index (χ0) is 22.6. The summed E-state index contributed by atoms with van der Waals surface area (Å²) in [7, 11) is 0. The largest absolute Gasteiger partial charge is 0.438 e. The predicted molar refractivity (Wildman–Crippen MR) is 120 cm³/mol. The third kappa shape index (κ3) is 4.50. The number of hydrogen-bond acceptors (Lipinski definition) is 4. The second kappa shape index (κ2) is 9.49. The van der Waals surface area contributed by atoms with Gasteiger partial charge in [-0.25, -0.2) is 9.18 Å². The fourth-order valence-electron chi connectivity index (χ4n) is 4.31. The monoisotopic (exact) mass is 434 g/mol. The SMILES string of the molecule is C[C@@H](c1ccc(-c2ccccn2)cc1)N1CC[C@](CCCO)(c2ccc(F)cc2)OC1=O. The van der Waals surface area contributed by atoms with Crippen molar-refractivity contribution >= 4 is 6.09 Å². The summed E-state index contributed by atoms with van der Waals surface area (Å²) < 4.78 is 19.4. The molecule has 2 aromatic carbocycles. The number of benzene rings is 2. The number of carbonyl (C=O) groups excluding carboxylic acids is 1. The molecule has 4 rings (SSSR count). The van der Waals surface area contributed by atoms with Crippen molar-refractivity contribution in [2.24, 2.45) is 0 Å². The van der Waals surface area contributed by atoms with E-state index in [-0.39, 0.29) is 18.5 Å². The van der Waals surface area contributed by atoms with Gasteiger partial charge in [0.25, 0.3) is 0 Å². The second-order valence-corrected chi connectivity index (χ2v) is 8.15. The molecule has 5 nitrogen and oxygen atoms in total. The van der Waals surface area contributed by atoms with Crippen LogP contribution in [0.2, 0.25) is 0 Å². The first-order valence-electron chi connectivity index (χ1n) is 10.9. The molecule has 1 aromatic heterocycles. The standard InChI is InChI=1S/C26H27FN2O3/c1-19(20-6-8-21(9-7-20)24-5-2-3-16-28-24)29-17-15-26(14-4-18-30,32-25(29)31)22-10-12-23(27)13-11-22/h2-3,5-13,16,19,30H,4,14-15,17-18H2,1H3/t19-,26+/m0/s1. The van der Waals surface area contributed by atoms with Gasteiger partial charge in [-0.1, -0.05) is 42.5 Å². The predicted octanol–water partition coefficient (Wildman–Crippen LogP) is 5.46. The van der Waals surface area contributed by atoms with Crippen LogP contribution in [-0.4, -0.2) is 34.2 Å². The third-order valence-electron chi connectivity index (χ3n) is 6.20. The smallest absolute Gasteiger partial charge is 0.411 e. The lowest BCUT2D eigenvalue weighted by Gasteiger charge is -2.43. The van der Waals surface area contributed by atoms with Crippen molar-refractivity contribution in [3.8, 4) is 11.3 Å². The molecular formula is C26H27FN2O3. The maximum absolute atomic E-state index is 13.4. The van der Waals surface area contributed by atoms with Gasteiger partial charge in [-0.15, -0.1) is 0 Å². The lowest BCUT2D eigenvalue weighted by Crippen LogP contribution is -2.48. The lowest BCUT2D eigenvalue weighted by atomic mass is 9.84. The minimum Gasteiger partial charge on any atom is -0.438 e. The zero-order valence-corrected chi connectivity index (χ0v) is 18.1. The molecule has 0 spiro atoms. The van der Waals surface area contributed by atoms with Crippen molar-refractivity contribution in [3.63, 3.8) is 0 Å². The van der Waals surface area contributed by atoms with E-state index < -0.39 is 11.7 Å². The Morgan fingerprint density at radius 1 is 1.12 bits per heavy atom. The highest BCUT2D eigenvalue weighted by atomic mass is 19.1. The van der Waals surface area contributed by atoms with Crippen molar-refractivity contribution in [1.82, 2.24) is 9.88 Å². The van der Waals surface area contributed by atoms with Gasteiger partial charge in [-0.3, -0.25) is 4.98 Å². The molecule has 0 bridgehead atoms. The van der Waals surface area contributed by atoms with Gasteiger partial charge in [0, 0.05) is 31.3 Å². The van der Waals surface area contributed by atoms with Gasteiger partial charge < -0.3 is 14.7 Å². The molecule has 1 aliphatic rings. The molecule has 1 N–H and O–H groups in total. The number of aromatic nitrogens is 1. The van der Waals surface area contributed by atoms with Gasteiger partial charge in [-0.2, -0.15) is 0 Å². The first-order valence-corrected chi connectivity index (χ1v) is 10.9. The summed E-state index contributed by atoms with van der Waals surface area (Å²) in [6, 6.07) is 19.7. The Balaban J connectivity index is 1.51. The molecule has 0 saturated carbocycles. The molecule has 3 aromatic rings. The van der Waals surface area contributed by atoms with Crippen molar-refractivity contribution in [2.45, 2.75) is 37.8 Å². The van der Waals surface area contributed by atoms with Crippen LogP contribution in [0.3, 0.4) is 0 Å². The number of nitrogens with zero attached hydrogens (tertiary/aromatic N) is 2. The van der Waals surface area contributed by atoms with Crippen LogP contribution >= 0.6 is 0 Å². The van der Waals surface area contributed by atoms with E-state index in [2.05, 4.69) is 4.98 Å². The number of rotatable bonds is 7. The van der Waals surface area contributed by atoms with E-state index >= 15 is 0 Å². The topological polar surface area (TPSA) is 62.7 Å². The summed E-state index contributed by atoms with van der Waals surface area (Å²) in [6.07, 6.45) is 2.91. The summed E-state index contributed by atoms with van der Waals surface area (Å²) in [6.45, 7) is 2.49.